The van der Waals surface area contributed by atoms with Gasteiger partial charge in [0.05, 0.1) is 12.2 Å². The van der Waals surface area contributed by atoms with E-state index in [2.05, 4.69) is 0 Å². The van der Waals surface area contributed by atoms with Gasteiger partial charge in [0, 0.05) is 0 Å². The smallest absolute Gasteiger partial charge is 0.338 e. The normalized spacial score (nSPS) is 20.6. The monoisotopic (exact) mass is 222 g/mol. The second kappa shape index (κ2) is 3.68. The predicted molar refractivity (Wildman–Crippen MR) is 52.6 cm³/mol. The molecular weight excluding hydrogens is 212 g/mol. The van der Waals surface area contributed by atoms with E-state index in [9.17, 15) is 4.79 Å². The summed E-state index contributed by atoms with van der Waals surface area (Å²) in [6, 6.07) is 4.98. The van der Waals surface area contributed by atoms with Crippen LogP contribution in [0.15, 0.2) is 18.2 Å². The third kappa shape index (κ3) is 1.81. The van der Waals surface area contributed by atoms with Gasteiger partial charge in [-0.1, -0.05) is 0 Å². The van der Waals surface area contributed by atoms with Crippen LogP contribution in [0.5, 0.6) is 11.5 Å². The summed E-state index contributed by atoms with van der Waals surface area (Å²) in [5.41, 5.74) is 0.463. The summed E-state index contributed by atoms with van der Waals surface area (Å²) in [5, 5.41) is 0. The highest BCUT2D eigenvalue weighted by atomic mass is 16.7. The Morgan fingerprint density at radius 3 is 3.00 bits per heavy atom. The van der Waals surface area contributed by atoms with Crippen LogP contribution in [0.25, 0.3) is 0 Å². The van der Waals surface area contributed by atoms with E-state index in [1.807, 2.05) is 0 Å². The van der Waals surface area contributed by atoms with Gasteiger partial charge in [-0.2, -0.15) is 0 Å². The van der Waals surface area contributed by atoms with Crippen LogP contribution in [-0.4, -0.2) is 32.1 Å². The summed E-state index contributed by atoms with van der Waals surface area (Å²) in [6.45, 7) is 1.19. The number of fused-ring (bicyclic) bond motifs is 1. The molecule has 2 aliphatic heterocycles. The Bertz CT molecular complexity index is 424. The van der Waals surface area contributed by atoms with Crippen molar-refractivity contribution in [3.05, 3.63) is 23.8 Å². The number of epoxide rings is 1. The van der Waals surface area contributed by atoms with Gasteiger partial charge in [0.15, 0.2) is 11.5 Å². The van der Waals surface area contributed by atoms with Crippen LogP contribution >= 0.6 is 0 Å². The fourth-order valence-electron chi connectivity index (χ4n) is 1.44. The Balaban J connectivity index is 1.70. The number of rotatable bonds is 3. The molecule has 5 heteroatoms. The summed E-state index contributed by atoms with van der Waals surface area (Å²) in [6.07, 6.45) is 0.0814. The molecule has 0 aliphatic carbocycles. The summed E-state index contributed by atoms with van der Waals surface area (Å²) >= 11 is 0. The SMILES string of the molecule is O=C(OCC1CO1)c1ccc2c(c1)OCO2. The standard InChI is InChI=1S/C11H10O5/c12-11(14-5-8-4-13-8)7-1-2-9-10(3-7)16-6-15-9/h1-3,8H,4-6H2. The lowest BCUT2D eigenvalue weighted by Gasteiger charge is -2.03. The van der Waals surface area contributed by atoms with Gasteiger partial charge in [0.2, 0.25) is 6.79 Å². The van der Waals surface area contributed by atoms with Crippen molar-refractivity contribution in [2.24, 2.45) is 0 Å². The molecule has 1 fully saturated rings. The number of hydrogen-bond acceptors (Lipinski definition) is 5. The van der Waals surface area contributed by atoms with Crippen LogP contribution in [0.2, 0.25) is 0 Å². The summed E-state index contributed by atoms with van der Waals surface area (Å²) < 4.78 is 20.3. The van der Waals surface area contributed by atoms with E-state index in [-0.39, 0.29) is 18.9 Å². The number of benzene rings is 1. The maximum Gasteiger partial charge on any atom is 0.338 e. The summed E-state index contributed by atoms with van der Waals surface area (Å²) in [4.78, 5) is 11.6. The van der Waals surface area contributed by atoms with Gasteiger partial charge in [-0.25, -0.2) is 4.79 Å². The van der Waals surface area contributed by atoms with Crippen molar-refractivity contribution in [3.8, 4) is 11.5 Å². The molecule has 1 atom stereocenters. The Hall–Kier alpha value is -1.75. The first-order chi connectivity index (χ1) is 7.83. The fraction of sp³-hybridized carbons (Fsp3) is 0.364. The van der Waals surface area contributed by atoms with Crippen LogP contribution in [0.3, 0.4) is 0 Å². The molecular formula is C11H10O5. The van der Waals surface area contributed by atoms with Crippen molar-refractivity contribution >= 4 is 5.97 Å². The third-order valence-electron chi connectivity index (χ3n) is 2.41. The Morgan fingerprint density at radius 2 is 2.19 bits per heavy atom. The minimum atomic E-state index is -0.367. The molecule has 3 rings (SSSR count). The van der Waals surface area contributed by atoms with Crippen molar-refractivity contribution in [3.63, 3.8) is 0 Å². The van der Waals surface area contributed by atoms with Gasteiger partial charge in [0.1, 0.15) is 12.7 Å². The first-order valence-electron chi connectivity index (χ1n) is 5.01. The molecule has 0 aromatic heterocycles. The molecule has 1 unspecified atom stereocenters. The Labute approximate surface area is 91.9 Å². The second-order valence-corrected chi connectivity index (χ2v) is 3.62. The molecule has 2 heterocycles. The maximum absolute atomic E-state index is 11.6. The van der Waals surface area contributed by atoms with Crippen LogP contribution in [0, 0.1) is 0 Å². The van der Waals surface area contributed by atoms with Crippen molar-refractivity contribution in [2.75, 3.05) is 20.0 Å². The molecule has 1 aromatic carbocycles. The minimum Gasteiger partial charge on any atom is -0.459 e. The largest absolute Gasteiger partial charge is 0.459 e. The molecule has 0 N–H and O–H groups in total. The van der Waals surface area contributed by atoms with Crippen molar-refractivity contribution < 1.29 is 23.7 Å². The van der Waals surface area contributed by atoms with Gasteiger partial charge in [0.25, 0.3) is 0 Å². The average Bonchev–Trinajstić information content (AvgIpc) is 3.01. The van der Waals surface area contributed by atoms with Crippen LogP contribution in [0.4, 0.5) is 0 Å². The lowest BCUT2D eigenvalue weighted by atomic mass is 10.2. The zero-order valence-corrected chi connectivity index (χ0v) is 8.47. The number of ether oxygens (including phenoxy) is 4. The zero-order valence-electron chi connectivity index (χ0n) is 8.47. The Morgan fingerprint density at radius 1 is 1.38 bits per heavy atom. The van der Waals surface area contributed by atoms with Gasteiger partial charge >= 0.3 is 5.97 Å². The van der Waals surface area contributed by atoms with E-state index in [0.717, 1.165) is 0 Å². The molecule has 16 heavy (non-hydrogen) atoms. The van der Waals surface area contributed by atoms with Gasteiger partial charge in [-0.3, -0.25) is 0 Å². The average molecular weight is 222 g/mol. The van der Waals surface area contributed by atoms with Gasteiger partial charge in [-0.15, -0.1) is 0 Å². The van der Waals surface area contributed by atoms with Crippen molar-refractivity contribution in [1.29, 1.82) is 0 Å². The van der Waals surface area contributed by atoms with E-state index in [0.29, 0.717) is 30.3 Å². The molecule has 0 spiro atoms. The Kier molecular flexibility index (Phi) is 2.18. The highest BCUT2D eigenvalue weighted by molar-refractivity contribution is 5.90. The first kappa shape index (κ1) is 9.47. The van der Waals surface area contributed by atoms with E-state index >= 15 is 0 Å². The van der Waals surface area contributed by atoms with E-state index in [1.54, 1.807) is 18.2 Å². The molecule has 1 aromatic rings. The summed E-state index contributed by atoms with van der Waals surface area (Å²) in [5.74, 6) is 0.869. The van der Waals surface area contributed by atoms with Gasteiger partial charge < -0.3 is 18.9 Å². The quantitative estimate of drug-likeness (QED) is 0.563. The lowest BCUT2D eigenvalue weighted by Crippen LogP contribution is -2.09. The topological polar surface area (TPSA) is 57.3 Å². The zero-order chi connectivity index (χ0) is 11.0. The van der Waals surface area contributed by atoms with Crippen molar-refractivity contribution in [2.45, 2.75) is 6.10 Å². The highest BCUT2D eigenvalue weighted by Crippen LogP contribution is 2.32. The minimum absolute atomic E-state index is 0.0814. The molecule has 0 saturated carbocycles. The van der Waals surface area contributed by atoms with E-state index in [4.69, 9.17) is 18.9 Å². The second-order valence-electron chi connectivity index (χ2n) is 3.62. The first-order valence-corrected chi connectivity index (χ1v) is 5.01. The van der Waals surface area contributed by atoms with Crippen molar-refractivity contribution in [1.82, 2.24) is 0 Å². The molecule has 0 radical (unpaired) electrons. The van der Waals surface area contributed by atoms with E-state index < -0.39 is 0 Å². The predicted octanol–water partition coefficient (Wildman–Crippen LogP) is 0.971. The molecule has 0 bridgehead atoms. The number of carbonyl (C=O) groups is 1. The fourth-order valence-corrected chi connectivity index (χ4v) is 1.44. The number of hydrogen-bond donors (Lipinski definition) is 0. The third-order valence-corrected chi connectivity index (χ3v) is 2.41. The lowest BCUT2D eigenvalue weighted by molar-refractivity contribution is 0.0476. The highest BCUT2D eigenvalue weighted by Gasteiger charge is 2.25. The maximum atomic E-state index is 11.6. The van der Waals surface area contributed by atoms with Gasteiger partial charge in [-0.05, 0) is 18.2 Å². The molecule has 1 saturated heterocycles. The van der Waals surface area contributed by atoms with Crippen LogP contribution < -0.4 is 9.47 Å². The molecule has 0 amide bonds. The molecule has 2 aliphatic rings. The molecule has 5 nitrogen and oxygen atoms in total. The molecule has 84 valence electrons. The van der Waals surface area contributed by atoms with Crippen LogP contribution in [0.1, 0.15) is 10.4 Å². The number of carbonyl (C=O) groups excluding carboxylic acids is 1. The summed E-state index contributed by atoms with van der Waals surface area (Å²) in [7, 11) is 0. The van der Waals surface area contributed by atoms with Crippen LogP contribution in [-0.2, 0) is 9.47 Å². The number of esters is 1. The van der Waals surface area contributed by atoms with E-state index in [1.165, 1.54) is 0 Å².